The second-order valence-corrected chi connectivity index (χ2v) is 10.1. The zero-order valence-corrected chi connectivity index (χ0v) is 21.6. The quantitative estimate of drug-likeness (QED) is 0.245. The van der Waals surface area contributed by atoms with Crippen molar-refractivity contribution in [3.05, 3.63) is 133 Å². The number of thiophene rings is 1. The molecule has 0 atom stereocenters. The highest BCUT2D eigenvalue weighted by molar-refractivity contribution is 7.13. The second-order valence-electron chi connectivity index (χ2n) is 9.15. The Bertz CT molecular complexity index is 2040. The van der Waals surface area contributed by atoms with Crippen molar-refractivity contribution in [2.45, 2.75) is 0 Å². The number of nitrogens with zero attached hydrogens (tertiary/aromatic N) is 3. The van der Waals surface area contributed by atoms with E-state index in [9.17, 15) is 5.11 Å². The van der Waals surface area contributed by atoms with Crippen LogP contribution in [-0.4, -0.2) is 19.6 Å². The first kappa shape index (κ1) is 21.0. The molecule has 0 fully saturated rings. The molecule has 0 unspecified atom stereocenters. The summed E-state index contributed by atoms with van der Waals surface area (Å²) in [4.78, 5) is 10.5. The highest BCUT2D eigenvalue weighted by Gasteiger charge is 2.19. The Hall–Kier alpha value is -5.00. The summed E-state index contributed by atoms with van der Waals surface area (Å²) in [7, 11) is 0. The van der Waals surface area contributed by atoms with Crippen molar-refractivity contribution >= 4 is 22.4 Å². The molecule has 3 aromatic heterocycles. The van der Waals surface area contributed by atoms with Gasteiger partial charge in [-0.15, -0.1) is 11.3 Å². The van der Waals surface area contributed by atoms with Crippen molar-refractivity contribution in [3.63, 3.8) is 0 Å². The van der Waals surface area contributed by atoms with E-state index >= 15 is 0 Å². The monoisotopic (exact) mass is 523 g/mol. The van der Waals surface area contributed by atoms with Crippen LogP contribution in [-0.2, 0) is 0 Å². The number of hydrogen-bond acceptors (Lipinski definition) is 4. The van der Waals surface area contributed by atoms with Crippen LogP contribution in [0.25, 0.3) is 60.9 Å². The summed E-state index contributed by atoms with van der Waals surface area (Å²) in [5.74, 6) is 0.820. The van der Waals surface area contributed by atoms with E-state index < -0.39 is 0 Å². The van der Waals surface area contributed by atoms with Crippen molar-refractivity contribution in [1.29, 1.82) is 0 Å². The molecule has 5 heteroatoms. The number of aromatic nitrogens is 3. The van der Waals surface area contributed by atoms with Crippen LogP contribution in [0.3, 0.4) is 0 Å². The van der Waals surface area contributed by atoms with E-state index in [0.29, 0.717) is 22.6 Å². The van der Waals surface area contributed by atoms with Gasteiger partial charge in [0.1, 0.15) is 11.6 Å². The van der Waals surface area contributed by atoms with E-state index in [1.807, 2.05) is 102 Å². The van der Waals surface area contributed by atoms with Crippen molar-refractivity contribution in [3.8, 4) is 55.6 Å². The first-order valence-electron chi connectivity index (χ1n) is 13.6. The predicted octanol–water partition coefficient (Wildman–Crippen LogP) is 8.86. The number of pyridine rings is 1. The standard InChI is InChI=1S/C34H23N3OS/c38-31-16-5-4-13-28(31)34-36-33-27(14-7-15-30(33)37(34)26-11-2-1-3-12-26)23-9-6-10-24(21-23)29-22-25(18-19-35-29)32-17-8-20-39-32/h1-22,38H/i18D,19D. The molecule has 186 valence electrons. The first-order chi connectivity index (χ1) is 20.1. The fourth-order valence-corrected chi connectivity index (χ4v) is 5.62. The van der Waals surface area contributed by atoms with Crippen LogP contribution in [0, 0.1) is 0 Å². The van der Waals surface area contributed by atoms with Gasteiger partial charge in [-0.1, -0.05) is 66.7 Å². The van der Waals surface area contributed by atoms with Gasteiger partial charge >= 0.3 is 0 Å². The van der Waals surface area contributed by atoms with Crippen LogP contribution in [0.4, 0.5) is 0 Å². The number of benzene rings is 4. The van der Waals surface area contributed by atoms with Crippen LogP contribution in [0.2, 0.25) is 0 Å². The molecule has 4 nitrogen and oxygen atoms in total. The number of para-hydroxylation sites is 3. The molecule has 3 heterocycles. The zero-order valence-electron chi connectivity index (χ0n) is 22.7. The summed E-state index contributed by atoms with van der Waals surface area (Å²) in [5, 5.41) is 12.7. The number of rotatable bonds is 5. The van der Waals surface area contributed by atoms with Gasteiger partial charge in [0, 0.05) is 27.9 Å². The largest absolute Gasteiger partial charge is 0.507 e. The van der Waals surface area contributed by atoms with Gasteiger partial charge in [-0.05, 0) is 71.1 Å². The van der Waals surface area contributed by atoms with Crippen molar-refractivity contribution in [2.24, 2.45) is 0 Å². The van der Waals surface area contributed by atoms with E-state index in [0.717, 1.165) is 38.3 Å². The Morgan fingerprint density at radius 2 is 1.51 bits per heavy atom. The summed E-state index contributed by atoms with van der Waals surface area (Å²) < 4.78 is 18.8. The maximum Gasteiger partial charge on any atom is 0.149 e. The third-order valence-corrected chi connectivity index (χ3v) is 7.65. The van der Waals surface area contributed by atoms with Crippen LogP contribution < -0.4 is 0 Å². The number of phenolic OH excluding ortho intramolecular Hbond substituents is 1. The average molecular weight is 524 g/mol. The molecule has 0 radical (unpaired) electrons. The minimum absolute atomic E-state index is 0.0488. The number of hydrogen-bond donors (Lipinski definition) is 1. The van der Waals surface area contributed by atoms with Crippen LogP contribution in [0.1, 0.15) is 2.74 Å². The molecule has 0 spiro atoms. The fourth-order valence-electron chi connectivity index (χ4n) is 4.93. The van der Waals surface area contributed by atoms with Gasteiger partial charge in [-0.2, -0.15) is 0 Å². The molecular formula is C34H23N3OS. The maximum atomic E-state index is 10.8. The molecule has 39 heavy (non-hydrogen) atoms. The van der Waals surface area contributed by atoms with Gasteiger partial charge in [0.2, 0.25) is 0 Å². The minimum atomic E-state index is -0.0488. The normalized spacial score (nSPS) is 11.9. The fraction of sp³-hybridized carbons (Fsp3) is 0. The highest BCUT2D eigenvalue weighted by atomic mass is 32.1. The lowest BCUT2D eigenvalue weighted by molar-refractivity contribution is 0.477. The third-order valence-electron chi connectivity index (χ3n) is 6.75. The Kier molecular flexibility index (Phi) is 5.22. The second kappa shape index (κ2) is 9.71. The van der Waals surface area contributed by atoms with E-state index in [2.05, 4.69) is 15.6 Å². The van der Waals surface area contributed by atoms with Crippen LogP contribution in [0.5, 0.6) is 5.75 Å². The topological polar surface area (TPSA) is 50.9 Å². The smallest absolute Gasteiger partial charge is 0.149 e. The Morgan fingerprint density at radius 3 is 2.36 bits per heavy atom. The Morgan fingerprint density at radius 1 is 0.718 bits per heavy atom. The van der Waals surface area contributed by atoms with E-state index in [1.165, 1.54) is 0 Å². The molecule has 4 aromatic carbocycles. The number of aromatic hydroxyl groups is 1. The molecular weight excluding hydrogens is 498 g/mol. The van der Waals surface area contributed by atoms with Crippen molar-refractivity contribution in [2.75, 3.05) is 0 Å². The number of imidazole rings is 1. The van der Waals surface area contributed by atoms with Crippen LogP contribution in [0.15, 0.2) is 133 Å². The lowest BCUT2D eigenvalue weighted by atomic mass is 9.99. The average Bonchev–Trinajstić information content (AvgIpc) is 3.68. The molecule has 0 amide bonds. The van der Waals surface area contributed by atoms with E-state index in [1.54, 1.807) is 23.5 Å². The number of fused-ring (bicyclic) bond motifs is 1. The highest BCUT2D eigenvalue weighted by Crippen LogP contribution is 2.38. The third kappa shape index (κ3) is 4.19. The Labute approximate surface area is 233 Å². The molecule has 0 aliphatic rings. The van der Waals surface area contributed by atoms with Crippen LogP contribution >= 0.6 is 11.3 Å². The summed E-state index contributed by atoms with van der Waals surface area (Å²) in [6, 6.07) is 37.4. The Balaban J connectivity index is 1.42. The summed E-state index contributed by atoms with van der Waals surface area (Å²) in [6.45, 7) is 0. The molecule has 0 aliphatic heterocycles. The molecule has 0 saturated carbocycles. The summed E-state index contributed by atoms with van der Waals surface area (Å²) >= 11 is 1.55. The van der Waals surface area contributed by atoms with Gasteiger partial charge in [0.05, 0.1) is 25.0 Å². The van der Waals surface area contributed by atoms with E-state index in [4.69, 9.17) is 7.73 Å². The van der Waals surface area contributed by atoms with Gasteiger partial charge in [0.15, 0.2) is 0 Å². The SMILES string of the molecule is [2H]c1nc(-c2cccc(-c3cccc4c3nc(-c3ccccc3O)n4-c3ccccc3)c2)cc(-c2cccs2)c1[2H]. The molecule has 0 aliphatic carbocycles. The lowest BCUT2D eigenvalue weighted by Gasteiger charge is -2.11. The minimum Gasteiger partial charge on any atom is -0.507 e. The van der Waals surface area contributed by atoms with Gasteiger partial charge < -0.3 is 5.11 Å². The zero-order chi connectivity index (χ0) is 27.9. The van der Waals surface area contributed by atoms with Gasteiger partial charge in [-0.25, -0.2) is 4.98 Å². The molecule has 0 saturated heterocycles. The molecule has 0 bridgehead atoms. The first-order valence-corrected chi connectivity index (χ1v) is 13.4. The molecule has 1 N–H and O–H groups in total. The van der Waals surface area contributed by atoms with Crippen molar-refractivity contribution in [1.82, 2.24) is 14.5 Å². The number of phenols is 1. The maximum absolute atomic E-state index is 10.8. The van der Waals surface area contributed by atoms with Gasteiger partial charge in [0.25, 0.3) is 0 Å². The molecule has 7 rings (SSSR count). The van der Waals surface area contributed by atoms with E-state index in [-0.39, 0.29) is 18.0 Å². The summed E-state index contributed by atoms with van der Waals surface area (Å²) in [5.41, 5.74) is 7.43. The summed E-state index contributed by atoms with van der Waals surface area (Å²) in [6.07, 6.45) is -0.0488. The molecule has 7 aromatic rings. The van der Waals surface area contributed by atoms with Gasteiger partial charge in [-0.3, -0.25) is 9.55 Å². The lowest BCUT2D eigenvalue weighted by Crippen LogP contribution is -1.97. The predicted molar refractivity (Wildman–Crippen MR) is 160 cm³/mol. The van der Waals surface area contributed by atoms with Crippen molar-refractivity contribution < 1.29 is 7.85 Å².